The quantitative estimate of drug-likeness (QED) is 0.213. The highest BCUT2D eigenvalue weighted by Crippen LogP contribution is 2.53. The van der Waals surface area contributed by atoms with Crippen molar-refractivity contribution in [3.63, 3.8) is 0 Å². The molecule has 4 aliphatic rings. The molecule has 0 aromatic rings. The van der Waals surface area contributed by atoms with E-state index < -0.39 is 63.2 Å². The zero-order chi connectivity index (χ0) is 35.8. The molecule has 0 aromatic heterocycles. The Hall–Kier alpha value is -2.74. The van der Waals surface area contributed by atoms with E-state index in [0.29, 0.717) is 13.0 Å². The summed E-state index contributed by atoms with van der Waals surface area (Å²) in [4.78, 5) is 68.8. The number of fused-ring (bicyclic) bond motifs is 1. The molecule has 1 heterocycles. The number of likely N-dealkylation sites (tertiary alicyclic amines) is 1. The first-order valence-corrected chi connectivity index (χ1v) is 19.5. The number of rotatable bonds is 13. The molecule has 0 bridgehead atoms. The predicted molar refractivity (Wildman–Crippen MR) is 182 cm³/mol. The highest BCUT2D eigenvalue weighted by atomic mass is 32.2. The van der Waals surface area contributed by atoms with Gasteiger partial charge < -0.3 is 26.6 Å². The molecule has 6 atom stereocenters. The number of likely N-dealkylation sites (N-methyl/N-ethyl adjacent to an activating group) is 1. The van der Waals surface area contributed by atoms with Gasteiger partial charge >= 0.3 is 6.03 Å². The maximum absolute atomic E-state index is 14.7. The zero-order valence-electron chi connectivity index (χ0n) is 29.8. The monoisotopic (exact) mass is 694 g/mol. The number of hydrogen-bond donors (Lipinski definition) is 4. The van der Waals surface area contributed by atoms with Crippen LogP contribution >= 0.6 is 0 Å². The van der Waals surface area contributed by atoms with Crippen LogP contribution in [0.15, 0.2) is 0 Å². The first kappa shape index (κ1) is 38.1. The number of sulfonamides is 1. The SMILES string of the molecule is CN(C[C@@H](NC(=O)N[C@H](C(=O)N1C[C@H]2[C@H](CCC2(C)C)[C@H]1C(=O)NC(CC1CC1)C(=O)C(N)=O)C1CCCCC1)C(C)(C)C)S(C)(=O)=O. The second kappa shape index (κ2) is 14.6. The number of ketones is 1. The summed E-state index contributed by atoms with van der Waals surface area (Å²) in [7, 11) is -2.03. The molecule has 5 amide bonds. The fourth-order valence-electron chi connectivity index (χ4n) is 8.03. The van der Waals surface area contributed by atoms with E-state index in [0.717, 1.165) is 64.0 Å². The van der Waals surface area contributed by atoms with E-state index in [1.54, 1.807) is 4.90 Å². The van der Waals surface area contributed by atoms with Crippen molar-refractivity contribution in [1.82, 2.24) is 25.2 Å². The third-order valence-corrected chi connectivity index (χ3v) is 12.8. The van der Waals surface area contributed by atoms with Crippen molar-refractivity contribution in [3.05, 3.63) is 0 Å². The standard InChI is InChI=1S/C34H58N6O7S/c1-33(2,3)25(19-39(6)48(7,46)47)37-32(45)38-26(21-11-9-8-10-12-21)31(44)40-18-23-22(15-16-34(23,4)5)27(40)30(43)36-24(17-20-13-14-20)28(41)29(35)42/h20-27H,8-19H2,1-7H3,(H2,35,42)(H,36,43)(H2,37,38,45)/t22-,23-,24?,25+,26-,27-/m0/s1. The number of urea groups is 1. The van der Waals surface area contributed by atoms with Crippen LogP contribution in [0.2, 0.25) is 0 Å². The van der Waals surface area contributed by atoms with Gasteiger partial charge in [0.05, 0.1) is 12.3 Å². The van der Waals surface area contributed by atoms with Crippen molar-refractivity contribution in [2.45, 2.75) is 123 Å². The van der Waals surface area contributed by atoms with Gasteiger partial charge in [-0.3, -0.25) is 19.2 Å². The average molecular weight is 695 g/mol. The summed E-state index contributed by atoms with van der Waals surface area (Å²) < 4.78 is 25.6. The number of carbonyl (C=O) groups excluding carboxylic acids is 5. The van der Waals surface area contributed by atoms with Crippen LogP contribution < -0.4 is 21.7 Å². The summed E-state index contributed by atoms with van der Waals surface area (Å²) in [6, 6.07) is -3.92. The van der Waals surface area contributed by atoms with Gasteiger partial charge in [0.15, 0.2) is 0 Å². The number of amides is 5. The van der Waals surface area contributed by atoms with Crippen molar-refractivity contribution in [2.24, 2.45) is 40.2 Å². The number of nitrogens with two attached hydrogens (primary N) is 1. The van der Waals surface area contributed by atoms with Crippen LogP contribution in [-0.4, -0.2) is 97.7 Å². The van der Waals surface area contributed by atoms with Crippen molar-refractivity contribution in [1.29, 1.82) is 0 Å². The Labute approximate surface area is 286 Å². The third kappa shape index (κ3) is 9.08. The second-order valence-electron chi connectivity index (χ2n) is 16.7. The first-order chi connectivity index (χ1) is 22.2. The summed E-state index contributed by atoms with van der Waals surface area (Å²) in [6.45, 7) is 10.4. The predicted octanol–water partition coefficient (Wildman–Crippen LogP) is 2.14. The summed E-state index contributed by atoms with van der Waals surface area (Å²) in [5, 5.41) is 8.76. The number of Topliss-reactive ketones (excluding diaryl/α,β-unsaturated/α-hetero) is 1. The number of nitrogens with zero attached hydrogens (tertiary/aromatic N) is 2. The molecule has 272 valence electrons. The van der Waals surface area contributed by atoms with Crippen LogP contribution in [0.25, 0.3) is 0 Å². The Morgan fingerprint density at radius 1 is 0.958 bits per heavy atom. The van der Waals surface area contributed by atoms with E-state index in [9.17, 15) is 32.4 Å². The van der Waals surface area contributed by atoms with Crippen LogP contribution in [0, 0.1) is 34.5 Å². The Balaban J connectivity index is 1.61. The summed E-state index contributed by atoms with van der Waals surface area (Å²) >= 11 is 0. The van der Waals surface area contributed by atoms with Crippen molar-refractivity contribution >= 4 is 39.6 Å². The molecule has 0 radical (unpaired) electrons. The molecule has 3 saturated carbocycles. The number of carbonyl (C=O) groups is 5. The lowest BCUT2D eigenvalue weighted by molar-refractivity contribution is -0.143. The van der Waals surface area contributed by atoms with Gasteiger partial charge in [-0.25, -0.2) is 17.5 Å². The topological polar surface area (TPSA) is 188 Å². The minimum atomic E-state index is -3.50. The van der Waals surface area contributed by atoms with Crippen molar-refractivity contribution in [3.8, 4) is 0 Å². The van der Waals surface area contributed by atoms with Gasteiger partial charge in [0.25, 0.3) is 5.91 Å². The Morgan fingerprint density at radius 2 is 1.58 bits per heavy atom. The molecule has 13 nitrogen and oxygen atoms in total. The molecule has 1 saturated heterocycles. The molecular weight excluding hydrogens is 636 g/mol. The maximum atomic E-state index is 14.7. The van der Waals surface area contributed by atoms with Crippen molar-refractivity contribution in [2.75, 3.05) is 26.4 Å². The van der Waals surface area contributed by atoms with Gasteiger partial charge in [-0.15, -0.1) is 0 Å². The molecule has 48 heavy (non-hydrogen) atoms. The Morgan fingerprint density at radius 3 is 2.12 bits per heavy atom. The summed E-state index contributed by atoms with van der Waals surface area (Å²) in [6.07, 6.45) is 9.28. The van der Waals surface area contributed by atoms with Gasteiger partial charge in [0.2, 0.25) is 27.6 Å². The molecule has 1 unspecified atom stereocenters. The van der Waals surface area contributed by atoms with E-state index >= 15 is 0 Å². The fourth-order valence-corrected chi connectivity index (χ4v) is 8.45. The fraction of sp³-hybridized carbons (Fsp3) is 0.853. The van der Waals surface area contributed by atoms with Crippen LogP contribution in [0.3, 0.4) is 0 Å². The lowest BCUT2D eigenvalue weighted by Crippen LogP contribution is -2.61. The molecule has 1 aliphatic heterocycles. The van der Waals surface area contributed by atoms with E-state index in [1.807, 2.05) is 20.8 Å². The molecule has 4 fully saturated rings. The molecule has 3 aliphatic carbocycles. The van der Waals surface area contributed by atoms with Crippen LogP contribution in [0.1, 0.15) is 98.8 Å². The molecule has 5 N–H and O–H groups in total. The summed E-state index contributed by atoms with van der Waals surface area (Å²) in [5.41, 5.74) is 4.73. The first-order valence-electron chi connectivity index (χ1n) is 17.6. The van der Waals surface area contributed by atoms with E-state index in [2.05, 4.69) is 29.8 Å². The maximum Gasteiger partial charge on any atom is 0.315 e. The second-order valence-corrected chi connectivity index (χ2v) is 18.7. The largest absolute Gasteiger partial charge is 0.363 e. The van der Waals surface area contributed by atoms with E-state index in [1.165, 1.54) is 11.4 Å². The average Bonchev–Trinajstić information content (AvgIpc) is 3.64. The summed E-state index contributed by atoms with van der Waals surface area (Å²) in [5.74, 6) is -2.70. The Kier molecular flexibility index (Phi) is 11.6. The molecular formula is C34H58N6O7S. The van der Waals surface area contributed by atoms with Gasteiger partial charge in [-0.2, -0.15) is 0 Å². The highest BCUT2D eigenvalue weighted by Gasteiger charge is 2.57. The van der Waals surface area contributed by atoms with E-state index in [-0.39, 0.29) is 41.5 Å². The third-order valence-electron chi connectivity index (χ3n) is 11.5. The molecule has 0 spiro atoms. The van der Waals surface area contributed by atoms with Crippen LogP contribution in [0.5, 0.6) is 0 Å². The minimum absolute atomic E-state index is 0.0450. The number of primary amides is 1. The van der Waals surface area contributed by atoms with E-state index in [4.69, 9.17) is 5.73 Å². The molecule has 4 rings (SSSR count). The Bertz CT molecular complexity index is 1350. The number of nitrogens with one attached hydrogen (secondary N) is 3. The lowest BCUT2D eigenvalue weighted by atomic mass is 9.79. The lowest BCUT2D eigenvalue weighted by Gasteiger charge is -2.37. The zero-order valence-corrected chi connectivity index (χ0v) is 30.7. The van der Waals surface area contributed by atoms with Gasteiger partial charge in [0, 0.05) is 26.2 Å². The molecule has 0 aromatic carbocycles. The minimum Gasteiger partial charge on any atom is -0.363 e. The van der Waals surface area contributed by atoms with Crippen molar-refractivity contribution < 1.29 is 32.4 Å². The number of hydrogen-bond acceptors (Lipinski definition) is 7. The molecule has 14 heteroatoms. The van der Waals surface area contributed by atoms with Gasteiger partial charge in [0.1, 0.15) is 12.1 Å². The van der Waals surface area contributed by atoms with Crippen LogP contribution in [-0.2, 0) is 29.2 Å². The smallest absolute Gasteiger partial charge is 0.315 e. The highest BCUT2D eigenvalue weighted by molar-refractivity contribution is 7.88. The van der Waals surface area contributed by atoms with Gasteiger partial charge in [-0.1, -0.05) is 66.7 Å². The van der Waals surface area contributed by atoms with Crippen LogP contribution in [0.4, 0.5) is 4.79 Å². The van der Waals surface area contributed by atoms with Gasteiger partial charge in [-0.05, 0) is 66.6 Å². The normalized spacial score (nSPS) is 26.3.